The third kappa shape index (κ3) is 2.48. The summed E-state index contributed by atoms with van der Waals surface area (Å²) < 4.78 is 2.41. The molecule has 0 radical (unpaired) electrons. The van der Waals surface area contributed by atoms with E-state index >= 15 is 0 Å². The fourth-order valence-corrected chi connectivity index (χ4v) is 12.3. The zero-order chi connectivity index (χ0) is 14.6. The second kappa shape index (κ2) is 6.45. The quantitative estimate of drug-likeness (QED) is 0.520. The first-order valence-corrected chi connectivity index (χ1v) is 13.8. The van der Waals surface area contributed by atoms with Crippen LogP contribution < -0.4 is 12.4 Å². The van der Waals surface area contributed by atoms with E-state index in [1.54, 1.807) is 21.7 Å². The number of hydrogen-bond acceptors (Lipinski definition) is 0. The Labute approximate surface area is 158 Å². The van der Waals surface area contributed by atoms with Crippen molar-refractivity contribution >= 4 is 0 Å². The summed E-state index contributed by atoms with van der Waals surface area (Å²) in [5.41, 5.74) is 7.31. The first kappa shape index (κ1) is 16.6. The summed E-state index contributed by atoms with van der Waals surface area (Å²) in [6, 6.07) is 0. The molecule has 2 atom stereocenters. The smallest absolute Gasteiger partial charge is 1.00 e. The van der Waals surface area contributed by atoms with Crippen molar-refractivity contribution in [2.45, 2.75) is 65.1 Å². The molecule has 0 aromatic carbocycles. The average Bonchev–Trinajstić information content (AvgIpc) is 3.13. The Kier molecular flexibility index (Phi) is 4.65. The minimum absolute atomic E-state index is 0. The van der Waals surface area contributed by atoms with E-state index in [0.717, 1.165) is 15.0 Å². The molecular weight excluding hydrogens is 466 g/mol. The molecule has 2 unspecified atom stereocenters. The molecule has 5 aliphatic rings. The molecule has 1 fully saturated rings. The molecule has 1 saturated heterocycles. The fraction of sp³-hybridized carbons (Fsp3) is 0.619. The maximum Gasteiger partial charge on any atom is -1.00 e. The van der Waals surface area contributed by atoms with Gasteiger partial charge in [-0.15, -0.1) is 0 Å². The Balaban J connectivity index is 0.00000135. The van der Waals surface area contributed by atoms with Crippen molar-refractivity contribution in [2.75, 3.05) is 0 Å². The van der Waals surface area contributed by atoms with Gasteiger partial charge in [-0.05, 0) is 0 Å². The van der Waals surface area contributed by atoms with Crippen molar-refractivity contribution in [2.24, 2.45) is 11.8 Å². The van der Waals surface area contributed by atoms with Crippen LogP contribution in [0.3, 0.4) is 0 Å². The molecule has 0 saturated carbocycles. The normalized spacial score (nSPS) is 37.6. The molecule has 0 aromatic heterocycles. The van der Waals surface area contributed by atoms with E-state index in [9.17, 15) is 0 Å². The maximum atomic E-state index is 2.66. The SMILES string of the molecule is C1=CC([C]2(C3C=CC4=C3CCCC4)C[CH2][Hf+]2)C2=C1CCCC2.[Cl-]. The van der Waals surface area contributed by atoms with E-state index in [-0.39, 0.29) is 12.4 Å². The Hall–Kier alpha value is 0.120. The predicted octanol–water partition coefficient (Wildman–Crippen LogP) is 3.17. The van der Waals surface area contributed by atoms with Crippen LogP contribution in [-0.2, 0) is 22.9 Å². The van der Waals surface area contributed by atoms with Gasteiger partial charge in [0.15, 0.2) is 0 Å². The summed E-state index contributed by atoms with van der Waals surface area (Å²) in [6.45, 7) is 0. The second-order valence-electron chi connectivity index (χ2n) is 7.91. The number of rotatable bonds is 2. The Bertz CT molecular complexity index is 568. The molecule has 0 aromatic rings. The molecule has 121 valence electrons. The van der Waals surface area contributed by atoms with Gasteiger partial charge < -0.3 is 12.4 Å². The van der Waals surface area contributed by atoms with E-state index in [4.69, 9.17) is 0 Å². The van der Waals surface area contributed by atoms with Gasteiger partial charge >= 0.3 is 146 Å². The average molecular weight is 492 g/mol. The van der Waals surface area contributed by atoms with Crippen LogP contribution in [0.1, 0.15) is 57.8 Å². The number of hydrogen-bond donors (Lipinski definition) is 0. The minimum atomic E-state index is -0.462. The zero-order valence-corrected chi connectivity index (χ0v) is 18.3. The Morgan fingerprint density at radius 2 is 1.26 bits per heavy atom. The molecular formula is C21H26ClHf. The van der Waals surface area contributed by atoms with Gasteiger partial charge in [0.05, 0.1) is 0 Å². The summed E-state index contributed by atoms with van der Waals surface area (Å²) in [6.07, 6.45) is 23.3. The molecule has 4 aliphatic carbocycles. The second-order valence-corrected chi connectivity index (χ2v) is 14.3. The zero-order valence-electron chi connectivity index (χ0n) is 13.9. The summed E-state index contributed by atoms with van der Waals surface area (Å²) >= 11 is -0.462. The van der Waals surface area contributed by atoms with Crippen LogP contribution in [0.15, 0.2) is 46.6 Å². The van der Waals surface area contributed by atoms with Crippen LogP contribution in [-0.4, -0.2) is 0 Å². The van der Waals surface area contributed by atoms with Crippen LogP contribution in [0.4, 0.5) is 0 Å². The van der Waals surface area contributed by atoms with Crippen LogP contribution in [0.2, 0.25) is 7.35 Å². The molecule has 0 amide bonds. The molecule has 0 nitrogen and oxygen atoms in total. The van der Waals surface area contributed by atoms with Crippen molar-refractivity contribution in [1.29, 1.82) is 0 Å². The van der Waals surface area contributed by atoms with Gasteiger partial charge in [-0.1, -0.05) is 0 Å². The van der Waals surface area contributed by atoms with Crippen LogP contribution in [0.5, 0.6) is 0 Å². The molecule has 5 rings (SSSR count). The Morgan fingerprint density at radius 1 is 0.783 bits per heavy atom. The van der Waals surface area contributed by atoms with Gasteiger partial charge in [0, 0.05) is 0 Å². The van der Waals surface area contributed by atoms with E-state index in [2.05, 4.69) is 24.3 Å². The standard InChI is InChI=1S/C21H26.ClH.Hf/c1-2-17(20-13-11-15-7-3-5-9-18(15)20)21-14-12-16-8-4-6-10-19(16)21;;/h11-14,20-21H,1-10H2;1H;/q;;+1/p-1. The van der Waals surface area contributed by atoms with Gasteiger partial charge in [-0.3, -0.25) is 0 Å². The fourth-order valence-electron chi connectivity index (χ4n) is 5.76. The number of allylic oxidation sites excluding steroid dienone is 8. The van der Waals surface area contributed by atoms with Gasteiger partial charge in [0.25, 0.3) is 0 Å². The van der Waals surface area contributed by atoms with E-state index in [1.165, 1.54) is 51.4 Å². The van der Waals surface area contributed by atoms with Gasteiger partial charge in [0.2, 0.25) is 0 Å². The van der Waals surface area contributed by atoms with Crippen molar-refractivity contribution in [3.63, 3.8) is 0 Å². The molecule has 0 spiro atoms. The van der Waals surface area contributed by atoms with Crippen molar-refractivity contribution in [1.82, 2.24) is 0 Å². The van der Waals surface area contributed by atoms with Crippen LogP contribution in [0, 0.1) is 11.8 Å². The monoisotopic (exact) mass is 493 g/mol. The Morgan fingerprint density at radius 3 is 1.70 bits per heavy atom. The van der Waals surface area contributed by atoms with Crippen molar-refractivity contribution in [3.8, 4) is 0 Å². The molecule has 1 aliphatic heterocycles. The molecule has 0 N–H and O–H groups in total. The predicted molar refractivity (Wildman–Crippen MR) is 88.4 cm³/mol. The number of halogens is 1. The summed E-state index contributed by atoms with van der Waals surface area (Å²) in [7, 11) is 0. The first-order chi connectivity index (χ1) is 10.9. The molecule has 2 heteroatoms. The summed E-state index contributed by atoms with van der Waals surface area (Å²) in [5, 5.41) is 0. The maximum absolute atomic E-state index is 2.66. The minimum Gasteiger partial charge on any atom is -1.00 e. The van der Waals surface area contributed by atoms with Crippen molar-refractivity contribution < 1.29 is 35.3 Å². The van der Waals surface area contributed by atoms with Gasteiger partial charge in [-0.2, -0.15) is 0 Å². The third-order valence-corrected chi connectivity index (χ3v) is 14.2. The molecule has 23 heavy (non-hydrogen) atoms. The van der Waals surface area contributed by atoms with E-state index < -0.39 is 22.9 Å². The van der Waals surface area contributed by atoms with Crippen molar-refractivity contribution in [3.05, 3.63) is 46.6 Å². The third-order valence-electron chi connectivity index (χ3n) is 6.94. The van der Waals surface area contributed by atoms with E-state index in [1.807, 2.05) is 11.1 Å². The first-order valence-electron chi connectivity index (χ1n) is 9.44. The molecule has 1 heterocycles. The van der Waals surface area contributed by atoms with Crippen LogP contribution >= 0.6 is 0 Å². The summed E-state index contributed by atoms with van der Waals surface area (Å²) in [4.78, 5) is 0. The van der Waals surface area contributed by atoms with Gasteiger partial charge in [-0.25, -0.2) is 0 Å². The van der Waals surface area contributed by atoms with Gasteiger partial charge in [0.1, 0.15) is 0 Å². The topological polar surface area (TPSA) is 0 Å². The molecule has 0 bridgehead atoms. The van der Waals surface area contributed by atoms with Crippen LogP contribution in [0.25, 0.3) is 0 Å². The van der Waals surface area contributed by atoms with E-state index in [0.29, 0.717) is 0 Å². The largest absolute Gasteiger partial charge is 1.00 e. The summed E-state index contributed by atoms with van der Waals surface area (Å²) in [5.74, 6) is 1.73.